The third kappa shape index (κ3) is 4.45. The summed E-state index contributed by atoms with van der Waals surface area (Å²) in [5, 5.41) is 19.7. The van der Waals surface area contributed by atoms with Gasteiger partial charge in [0.1, 0.15) is 5.82 Å². The molecular formula is C14H19FN2O4. The molecule has 1 aliphatic rings. The molecule has 1 fully saturated rings. The van der Waals surface area contributed by atoms with Gasteiger partial charge in [-0.2, -0.15) is 0 Å². The minimum atomic E-state index is -0.480. The third-order valence-corrected chi connectivity index (χ3v) is 3.61. The number of hydrogen-bond donors (Lipinski definition) is 1. The molecule has 116 valence electrons. The summed E-state index contributed by atoms with van der Waals surface area (Å²) in [6.45, 7) is 2.18. The Labute approximate surface area is 122 Å². The fourth-order valence-corrected chi connectivity index (χ4v) is 2.55. The van der Waals surface area contributed by atoms with Gasteiger partial charge in [-0.3, -0.25) is 15.0 Å². The minimum Gasteiger partial charge on any atom is -0.394 e. The Morgan fingerprint density at radius 3 is 2.76 bits per heavy atom. The molecule has 0 atom stereocenters. The van der Waals surface area contributed by atoms with Crippen molar-refractivity contribution in [2.24, 2.45) is 0 Å². The first kappa shape index (κ1) is 15.8. The lowest BCUT2D eigenvalue weighted by molar-refractivity contribution is -0.385. The molecule has 6 nitrogen and oxygen atoms in total. The predicted octanol–water partition coefficient (Wildman–Crippen LogP) is 1.71. The van der Waals surface area contributed by atoms with Gasteiger partial charge in [0.25, 0.3) is 5.69 Å². The van der Waals surface area contributed by atoms with Crippen molar-refractivity contribution >= 4 is 5.69 Å². The van der Waals surface area contributed by atoms with Crippen molar-refractivity contribution in [2.75, 3.05) is 26.3 Å². The van der Waals surface area contributed by atoms with Gasteiger partial charge in [0.15, 0.2) is 0 Å². The summed E-state index contributed by atoms with van der Waals surface area (Å²) in [5.74, 6) is -0.461. The molecule has 7 heteroatoms. The van der Waals surface area contributed by atoms with Gasteiger partial charge in [0.05, 0.1) is 24.2 Å². The van der Waals surface area contributed by atoms with Gasteiger partial charge >= 0.3 is 0 Å². The third-order valence-electron chi connectivity index (χ3n) is 3.61. The maximum absolute atomic E-state index is 13.3. The fraction of sp³-hybridized carbons (Fsp3) is 0.571. The highest BCUT2D eigenvalue weighted by Gasteiger charge is 2.22. The molecule has 1 aromatic rings. The molecule has 1 aromatic carbocycles. The van der Waals surface area contributed by atoms with E-state index in [1.54, 1.807) is 0 Å². The highest BCUT2D eigenvalue weighted by Crippen LogP contribution is 2.23. The van der Waals surface area contributed by atoms with Crippen LogP contribution in [0.5, 0.6) is 0 Å². The Morgan fingerprint density at radius 1 is 1.43 bits per heavy atom. The zero-order chi connectivity index (χ0) is 15.2. The van der Waals surface area contributed by atoms with E-state index in [0.29, 0.717) is 18.7 Å². The molecule has 0 saturated carbocycles. The average molecular weight is 298 g/mol. The highest BCUT2D eigenvalue weighted by molar-refractivity contribution is 5.40. The van der Waals surface area contributed by atoms with E-state index in [1.807, 2.05) is 0 Å². The second-order valence-corrected chi connectivity index (χ2v) is 5.10. The molecule has 1 N–H and O–H groups in total. The van der Waals surface area contributed by atoms with Crippen molar-refractivity contribution in [1.29, 1.82) is 0 Å². The number of hydrogen-bond acceptors (Lipinski definition) is 5. The number of aliphatic hydroxyl groups excluding tert-OH is 1. The summed E-state index contributed by atoms with van der Waals surface area (Å²) in [4.78, 5) is 12.5. The van der Waals surface area contributed by atoms with E-state index in [-0.39, 0.29) is 18.4 Å². The molecule has 21 heavy (non-hydrogen) atoms. The van der Waals surface area contributed by atoms with Crippen LogP contribution in [-0.4, -0.2) is 47.3 Å². The molecule has 0 aliphatic carbocycles. The van der Waals surface area contributed by atoms with Crippen LogP contribution in [-0.2, 0) is 11.3 Å². The van der Waals surface area contributed by atoms with E-state index in [0.717, 1.165) is 32.0 Å². The van der Waals surface area contributed by atoms with E-state index < -0.39 is 10.7 Å². The van der Waals surface area contributed by atoms with Crippen molar-refractivity contribution in [3.05, 3.63) is 39.7 Å². The second kappa shape index (κ2) is 7.44. The van der Waals surface area contributed by atoms with Gasteiger partial charge in [-0.25, -0.2) is 4.39 Å². The first-order valence-corrected chi connectivity index (χ1v) is 6.98. The number of halogens is 1. The zero-order valence-electron chi connectivity index (χ0n) is 11.7. The molecule has 0 spiro atoms. The lowest BCUT2D eigenvalue weighted by Crippen LogP contribution is -2.37. The van der Waals surface area contributed by atoms with E-state index in [1.165, 1.54) is 12.1 Å². The van der Waals surface area contributed by atoms with E-state index in [2.05, 4.69) is 4.90 Å². The number of likely N-dealkylation sites (tertiary alicyclic amines) is 1. The van der Waals surface area contributed by atoms with Gasteiger partial charge < -0.3 is 9.84 Å². The molecule has 0 unspecified atom stereocenters. The fourth-order valence-electron chi connectivity index (χ4n) is 2.55. The lowest BCUT2D eigenvalue weighted by atomic mass is 10.1. The van der Waals surface area contributed by atoms with Crippen molar-refractivity contribution in [3.63, 3.8) is 0 Å². The predicted molar refractivity (Wildman–Crippen MR) is 74.4 cm³/mol. The summed E-state index contributed by atoms with van der Waals surface area (Å²) in [6.07, 6.45) is 1.74. The second-order valence-electron chi connectivity index (χ2n) is 5.10. The van der Waals surface area contributed by atoms with Crippen molar-refractivity contribution < 1.29 is 19.2 Å². The zero-order valence-corrected chi connectivity index (χ0v) is 11.7. The molecule has 1 heterocycles. The molecule has 0 radical (unpaired) electrons. The smallest absolute Gasteiger partial charge is 0.274 e. The van der Waals surface area contributed by atoms with Crippen LogP contribution in [0.1, 0.15) is 18.4 Å². The number of ether oxygens (including phenoxy) is 1. The van der Waals surface area contributed by atoms with Crippen LogP contribution in [0.4, 0.5) is 10.1 Å². The minimum absolute atomic E-state index is 0.00962. The average Bonchev–Trinajstić information content (AvgIpc) is 2.46. The Morgan fingerprint density at radius 2 is 2.14 bits per heavy atom. The number of aliphatic hydroxyl groups is 1. The summed E-state index contributed by atoms with van der Waals surface area (Å²) in [5.41, 5.74) is 0.352. The SMILES string of the molecule is O=[N+]([O-])c1ccc(F)cc1CN1CCC(OCCO)CC1. The van der Waals surface area contributed by atoms with Crippen LogP contribution in [0, 0.1) is 15.9 Å². The Balaban J connectivity index is 1.94. The summed E-state index contributed by atoms with van der Waals surface area (Å²) < 4.78 is 18.7. The largest absolute Gasteiger partial charge is 0.394 e. The summed E-state index contributed by atoms with van der Waals surface area (Å²) in [6, 6.07) is 3.55. The summed E-state index contributed by atoms with van der Waals surface area (Å²) >= 11 is 0. The number of nitro groups is 1. The molecule has 1 saturated heterocycles. The quantitative estimate of drug-likeness (QED) is 0.639. The first-order chi connectivity index (χ1) is 10.1. The number of piperidine rings is 1. The molecule has 2 rings (SSSR count). The Hall–Kier alpha value is -1.57. The van der Waals surface area contributed by atoms with Crippen LogP contribution in [0.3, 0.4) is 0 Å². The molecule has 0 aromatic heterocycles. The standard InChI is InChI=1S/C14H19FN2O4/c15-12-1-2-14(17(19)20)11(9-12)10-16-5-3-13(4-6-16)21-8-7-18/h1-2,9,13,18H,3-8,10H2. The van der Waals surface area contributed by atoms with E-state index >= 15 is 0 Å². The van der Waals surface area contributed by atoms with E-state index in [9.17, 15) is 14.5 Å². The molecular weight excluding hydrogens is 279 g/mol. The summed E-state index contributed by atoms with van der Waals surface area (Å²) in [7, 11) is 0. The van der Waals surface area contributed by atoms with Gasteiger partial charge in [0, 0.05) is 31.3 Å². The highest BCUT2D eigenvalue weighted by atomic mass is 19.1. The number of benzene rings is 1. The molecule has 0 amide bonds. The number of rotatable bonds is 6. The van der Waals surface area contributed by atoms with Crippen LogP contribution in [0.15, 0.2) is 18.2 Å². The maximum Gasteiger partial charge on any atom is 0.274 e. The van der Waals surface area contributed by atoms with Gasteiger partial charge in [-0.05, 0) is 25.0 Å². The molecule has 0 bridgehead atoms. The maximum atomic E-state index is 13.3. The Bertz CT molecular complexity index is 490. The van der Waals surface area contributed by atoms with Gasteiger partial charge in [-0.1, -0.05) is 0 Å². The van der Waals surface area contributed by atoms with Crippen LogP contribution in [0.25, 0.3) is 0 Å². The van der Waals surface area contributed by atoms with Gasteiger partial charge in [0.2, 0.25) is 0 Å². The van der Waals surface area contributed by atoms with Crippen LogP contribution in [0.2, 0.25) is 0 Å². The topological polar surface area (TPSA) is 75.8 Å². The monoisotopic (exact) mass is 298 g/mol. The number of nitro benzene ring substituents is 1. The first-order valence-electron chi connectivity index (χ1n) is 6.98. The van der Waals surface area contributed by atoms with E-state index in [4.69, 9.17) is 9.84 Å². The Kier molecular flexibility index (Phi) is 5.60. The lowest BCUT2D eigenvalue weighted by Gasteiger charge is -2.31. The van der Waals surface area contributed by atoms with Crippen molar-refractivity contribution in [3.8, 4) is 0 Å². The normalized spacial score (nSPS) is 17.0. The van der Waals surface area contributed by atoms with Crippen LogP contribution >= 0.6 is 0 Å². The van der Waals surface area contributed by atoms with Crippen molar-refractivity contribution in [1.82, 2.24) is 4.90 Å². The van der Waals surface area contributed by atoms with Crippen molar-refractivity contribution in [2.45, 2.75) is 25.5 Å². The number of nitrogens with zero attached hydrogens (tertiary/aromatic N) is 2. The molecule has 1 aliphatic heterocycles. The van der Waals surface area contributed by atoms with Gasteiger partial charge in [-0.15, -0.1) is 0 Å². The van der Waals surface area contributed by atoms with Crippen LogP contribution < -0.4 is 0 Å².